The Morgan fingerprint density at radius 1 is 0.533 bits per heavy atom. The Hall–Kier alpha value is -1.54. The lowest BCUT2D eigenvalue weighted by Gasteiger charge is -2.14. The van der Waals surface area contributed by atoms with Gasteiger partial charge in [-0.2, -0.15) is 0 Å². The average molecular weight is 659 g/mol. The number of amides is 1. The summed E-state index contributed by atoms with van der Waals surface area (Å²) in [5.74, 6) is -1.55. The van der Waals surface area contributed by atoms with Gasteiger partial charge in [0.2, 0.25) is 5.91 Å². The Bertz CT molecular complexity index is 636. The van der Waals surface area contributed by atoms with Crippen LogP contribution in [0.5, 0.6) is 0 Å². The summed E-state index contributed by atoms with van der Waals surface area (Å²) in [4.78, 5) is 23.0. The van der Waals surface area contributed by atoms with E-state index in [-0.39, 0.29) is 13.2 Å². The lowest BCUT2D eigenvalue weighted by Crippen LogP contribution is -2.42. The van der Waals surface area contributed by atoms with E-state index in [2.05, 4.69) is 5.32 Å². The number of hydrogen-bond donors (Lipinski definition) is 3. The second kappa shape index (κ2) is 36.9. The molecule has 0 aromatic carbocycles. The van der Waals surface area contributed by atoms with Crippen LogP contribution in [0.15, 0.2) is 0 Å². The maximum absolute atomic E-state index is 11.8. The van der Waals surface area contributed by atoms with Crippen LogP contribution in [0, 0.1) is 0 Å². The van der Waals surface area contributed by atoms with Gasteiger partial charge in [-0.1, -0.05) is 0 Å². The largest absolute Gasteiger partial charge is 0.480 e. The summed E-state index contributed by atoms with van der Waals surface area (Å²) in [6.45, 7) is 9.55. The van der Waals surface area contributed by atoms with Crippen LogP contribution in [-0.4, -0.2) is 175 Å². The van der Waals surface area contributed by atoms with Gasteiger partial charge in [-0.25, -0.2) is 4.79 Å². The normalized spacial score (nSPS) is 12.0. The summed E-state index contributed by atoms with van der Waals surface area (Å²) < 4.78 is 58.8. The van der Waals surface area contributed by atoms with E-state index in [0.29, 0.717) is 151 Å². The summed E-state index contributed by atoms with van der Waals surface area (Å²) in [5.41, 5.74) is 5.40. The molecular formula is C29H58N2O14. The molecule has 0 aliphatic heterocycles. The third kappa shape index (κ3) is 35.2. The fourth-order valence-electron chi connectivity index (χ4n) is 3.27. The molecule has 1 amide bonds. The highest BCUT2D eigenvalue weighted by molar-refractivity contribution is 5.84. The standard InChI is InChI=1S/C29H58N2O14/c1-35-6-7-36-8-9-37-10-11-38-12-13-39-14-15-40-16-17-41-18-19-42-20-21-43-22-23-44-24-25-45-26-28(32)31-27(29(33)34)4-2-3-5-30/h27H,2-26,30H2,1H3,(H,31,32)(H,33,34)/t27-/m0/s1. The number of rotatable bonds is 38. The molecule has 0 fully saturated rings. The molecule has 0 rings (SSSR count). The minimum Gasteiger partial charge on any atom is -0.480 e. The van der Waals surface area contributed by atoms with Gasteiger partial charge in [-0.15, -0.1) is 0 Å². The number of carbonyl (C=O) groups excluding carboxylic acids is 1. The molecule has 0 aromatic heterocycles. The second-order valence-corrected chi connectivity index (χ2v) is 9.30. The Balaban J connectivity index is 3.22. The molecule has 45 heavy (non-hydrogen) atoms. The molecule has 1 atom stereocenters. The minimum absolute atomic E-state index is 0.209. The van der Waals surface area contributed by atoms with Gasteiger partial charge in [0.15, 0.2) is 0 Å². The van der Waals surface area contributed by atoms with E-state index in [1.807, 2.05) is 0 Å². The van der Waals surface area contributed by atoms with E-state index in [4.69, 9.17) is 62.9 Å². The van der Waals surface area contributed by atoms with E-state index in [0.717, 1.165) is 0 Å². The van der Waals surface area contributed by atoms with E-state index in [1.165, 1.54) is 0 Å². The number of carboxylic acids is 1. The first kappa shape index (κ1) is 43.5. The van der Waals surface area contributed by atoms with Gasteiger partial charge in [0.25, 0.3) is 0 Å². The Morgan fingerprint density at radius 2 is 0.844 bits per heavy atom. The number of nitrogens with two attached hydrogens (primary N) is 1. The maximum atomic E-state index is 11.8. The number of aliphatic carboxylic acids is 1. The number of carbonyl (C=O) groups is 2. The first-order valence-electron chi connectivity index (χ1n) is 15.6. The molecule has 0 aromatic rings. The molecule has 4 N–H and O–H groups in total. The monoisotopic (exact) mass is 658 g/mol. The molecule has 16 heteroatoms. The van der Waals surface area contributed by atoms with Crippen molar-refractivity contribution in [3.05, 3.63) is 0 Å². The van der Waals surface area contributed by atoms with E-state index >= 15 is 0 Å². The molecular weight excluding hydrogens is 600 g/mol. The van der Waals surface area contributed by atoms with Crippen molar-refractivity contribution in [2.75, 3.05) is 152 Å². The summed E-state index contributed by atoms with van der Waals surface area (Å²) >= 11 is 0. The fourth-order valence-corrected chi connectivity index (χ4v) is 3.27. The summed E-state index contributed by atoms with van der Waals surface area (Å²) in [6, 6.07) is -0.938. The molecule has 0 aliphatic carbocycles. The van der Waals surface area contributed by atoms with Crippen molar-refractivity contribution in [1.82, 2.24) is 5.32 Å². The Labute approximate surface area is 267 Å². The Morgan fingerprint density at radius 3 is 1.13 bits per heavy atom. The van der Waals surface area contributed by atoms with Crippen LogP contribution < -0.4 is 11.1 Å². The molecule has 0 spiro atoms. The lowest BCUT2D eigenvalue weighted by molar-refractivity contribution is -0.142. The number of unbranched alkanes of at least 4 members (excludes halogenated alkanes) is 1. The zero-order chi connectivity index (χ0) is 32.9. The smallest absolute Gasteiger partial charge is 0.326 e. The third-order valence-electron chi connectivity index (χ3n) is 5.59. The van der Waals surface area contributed by atoms with Crippen molar-refractivity contribution in [1.29, 1.82) is 0 Å². The van der Waals surface area contributed by atoms with Crippen molar-refractivity contribution in [3.63, 3.8) is 0 Å². The number of ether oxygens (including phenoxy) is 11. The average Bonchev–Trinajstić information content (AvgIpc) is 3.03. The number of hydrogen-bond acceptors (Lipinski definition) is 14. The van der Waals surface area contributed by atoms with E-state index in [9.17, 15) is 9.59 Å². The van der Waals surface area contributed by atoms with Crippen LogP contribution in [0.3, 0.4) is 0 Å². The van der Waals surface area contributed by atoms with Gasteiger partial charge >= 0.3 is 5.97 Å². The lowest BCUT2D eigenvalue weighted by atomic mass is 10.1. The zero-order valence-corrected chi connectivity index (χ0v) is 27.1. The summed E-state index contributed by atoms with van der Waals surface area (Å²) in [6.07, 6.45) is 1.67. The molecule has 0 unspecified atom stereocenters. The summed E-state index contributed by atoms with van der Waals surface area (Å²) in [7, 11) is 1.64. The first-order chi connectivity index (χ1) is 22.1. The number of methoxy groups -OCH3 is 1. The molecule has 0 heterocycles. The van der Waals surface area contributed by atoms with Gasteiger partial charge in [0, 0.05) is 7.11 Å². The van der Waals surface area contributed by atoms with E-state index < -0.39 is 17.9 Å². The van der Waals surface area contributed by atoms with Crippen LogP contribution in [0.1, 0.15) is 19.3 Å². The summed E-state index contributed by atoms with van der Waals surface area (Å²) in [5, 5.41) is 11.6. The molecule has 16 nitrogen and oxygen atoms in total. The number of carboxylic acid groups (broad SMARTS) is 1. The predicted octanol–water partition coefficient (Wildman–Crippen LogP) is -0.503. The van der Waals surface area contributed by atoms with Crippen molar-refractivity contribution >= 4 is 11.9 Å². The molecule has 0 saturated heterocycles. The quantitative estimate of drug-likeness (QED) is 0.0718. The maximum Gasteiger partial charge on any atom is 0.326 e. The van der Waals surface area contributed by atoms with Crippen LogP contribution in [0.4, 0.5) is 0 Å². The van der Waals surface area contributed by atoms with Crippen molar-refractivity contribution < 1.29 is 66.8 Å². The first-order valence-corrected chi connectivity index (χ1v) is 15.6. The highest BCUT2D eigenvalue weighted by Gasteiger charge is 2.19. The third-order valence-corrected chi connectivity index (χ3v) is 5.59. The second-order valence-electron chi connectivity index (χ2n) is 9.30. The van der Waals surface area contributed by atoms with Gasteiger partial charge in [0.05, 0.1) is 132 Å². The fraction of sp³-hybridized carbons (Fsp3) is 0.931. The van der Waals surface area contributed by atoms with Crippen molar-refractivity contribution in [3.8, 4) is 0 Å². The van der Waals surface area contributed by atoms with Crippen molar-refractivity contribution in [2.24, 2.45) is 5.73 Å². The number of nitrogens with one attached hydrogen (secondary N) is 1. The van der Waals surface area contributed by atoms with Crippen LogP contribution in [-0.2, 0) is 61.7 Å². The SMILES string of the molecule is COCCOCCOCCOCCOCCOCCOCCOCCOCCOCCOCC(=O)N[C@@H](CCCCN)C(=O)O. The highest BCUT2D eigenvalue weighted by atomic mass is 16.6. The molecule has 268 valence electrons. The van der Waals surface area contributed by atoms with E-state index in [1.54, 1.807) is 7.11 Å². The molecule has 0 bridgehead atoms. The van der Waals surface area contributed by atoms with Gasteiger partial charge in [-0.05, 0) is 25.8 Å². The Kier molecular flexibility index (Phi) is 35.7. The van der Waals surface area contributed by atoms with Gasteiger partial charge in [-0.3, -0.25) is 4.79 Å². The highest BCUT2D eigenvalue weighted by Crippen LogP contribution is 2.01. The topological polar surface area (TPSA) is 194 Å². The molecule has 0 aliphatic rings. The molecule has 0 radical (unpaired) electrons. The van der Waals surface area contributed by atoms with Gasteiger partial charge < -0.3 is 68.3 Å². The zero-order valence-electron chi connectivity index (χ0n) is 27.1. The van der Waals surface area contributed by atoms with Crippen molar-refractivity contribution in [2.45, 2.75) is 25.3 Å². The van der Waals surface area contributed by atoms with Gasteiger partial charge in [0.1, 0.15) is 12.6 Å². The van der Waals surface area contributed by atoms with Crippen LogP contribution in [0.2, 0.25) is 0 Å². The predicted molar refractivity (Wildman–Crippen MR) is 163 cm³/mol. The van der Waals surface area contributed by atoms with Crippen LogP contribution in [0.25, 0.3) is 0 Å². The van der Waals surface area contributed by atoms with Crippen LogP contribution >= 0.6 is 0 Å². The molecule has 0 saturated carbocycles. The minimum atomic E-state index is -1.07.